The number of methoxy groups -OCH3 is 1. The number of esters is 1. The molecule has 0 aliphatic rings. The maximum Gasteiger partial charge on any atom is 0.338 e. The van der Waals surface area contributed by atoms with Crippen LogP contribution in [0.15, 0.2) is 77.7 Å². The number of ether oxygens (including phenoxy) is 2. The van der Waals surface area contributed by atoms with Crippen LogP contribution in [0.4, 0.5) is 17.3 Å². The number of para-hydroxylation sites is 2. The Bertz CT molecular complexity index is 1440. The molecule has 35 heavy (non-hydrogen) atoms. The fraction of sp³-hybridized carbons (Fsp3) is 0.160. The zero-order valence-corrected chi connectivity index (χ0v) is 20.0. The predicted octanol–water partition coefficient (Wildman–Crippen LogP) is 4.75. The molecule has 180 valence electrons. The van der Waals surface area contributed by atoms with Gasteiger partial charge in [0.1, 0.15) is 5.75 Å². The highest BCUT2D eigenvalue weighted by atomic mass is 32.2. The lowest BCUT2D eigenvalue weighted by Gasteiger charge is -2.14. The molecule has 4 rings (SSSR count). The molecule has 2 N–H and O–H groups in total. The van der Waals surface area contributed by atoms with Crippen LogP contribution in [0.3, 0.4) is 0 Å². The Morgan fingerprint density at radius 1 is 0.886 bits per heavy atom. The largest absolute Gasteiger partial charge is 0.497 e. The average molecular weight is 493 g/mol. The van der Waals surface area contributed by atoms with Crippen molar-refractivity contribution in [2.45, 2.75) is 18.2 Å². The summed E-state index contributed by atoms with van der Waals surface area (Å²) in [5, 5.41) is 3.09. The van der Waals surface area contributed by atoms with Crippen LogP contribution < -0.4 is 14.8 Å². The SMILES string of the molecule is CCCOC(=O)c1ccc(Nc2nc3ccccc3nc2NS(=O)(=O)c2ccc(OC)cc2)cc1. The van der Waals surface area contributed by atoms with Gasteiger partial charge < -0.3 is 14.8 Å². The number of rotatable bonds is 9. The van der Waals surface area contributed by atoms with Gasteiger partial charge in [-0.25, -0.2) is 23.2 Å². The third-order valence-corrected chi connectivity index (χ3v) is 6.35. The first kappa shape index (κ1) is 24.0. The summed E-state index contributed by atoms with van der Waals surface area (Å²) in [5.41, 5.74) is 2.11. The molecule has 1 heterocycles. The standard InChI is InChI=1S/C25H24N4O5S/c1-3-16-34-25(30)17-8-10-18(11-9-17)26-23-24(28-22-7-5-4-6-21(22)27-23)29-35(31,32)20-14-12-19(33-2)13-15-20/h4-15H,3,16H2,1-2H3,(H,26,27)(H,28,29). The summed E-state index contributed by atoms with van der Waals surface area (Å²) in [6.07, 6.45) is 0.737. The summed E-state index contributed by atoms with van der Waals surface area (Å²) in [6.45, 7) is 2.27. The van der Waals surface area contributed by atoms with Gasteiger partial charge in [0.2, 0.25) is 0 Å². The molecule has 1 aromatic heterocycles. The lowest BCUT2D eigenvalue weighted by atomic mass is 10.2. The van der Waals surface area contributed by atoms with Gasteiger partial charge in [-0.1, -0.05) is 19.1 Å². The van der Waals surface area contributed by atoms with E-state index in [1.807, 2.05) is 13.0 Å². The third kappa shape index (κ3) is 5.67. The maximum absolute atomic E-state index is 13.0. The summed E-state index contributed by atoms with van der Waals surface area (Å²) in [4.78, 5) is 21.1. The van der Waals surface area contributed by atoms with Crippen molar-refractivity contribution in [2.24, 2.45) is 0 Å². The number of carbonyl (C=O) groups is 1. The van der Waals surface area contributed by atoms with Gasteiger partial charge in [-0.05, 0) is 67.1 Å². The van der Waals surface area contributed by atoms with Crippen molar-refractivity contribution in [3.8, 4) is 5.75 Å². The van der Waals surface area contributed by atoms with Crippen molar-refractivity contribution in [2.75, 3.05) is 23.8 Å². The molecule has 0 unspecified atom stereocenters. The number of nitrogens with zero attached hydrogens (tertiary/aromatic N) is 2. The molecule has 0 atom stereocenters. The number of anilines is 3. The van der Waals surface area contributed by atoms with E-state index in [1.165, 1.54) is 19.2 Å². The van der Waals surface area contributed by atoms with Crippen LogP contribution in [-0.4, -0.2) is 38.1 Å². The number of aromatic nitrogens is 2. The summed E-state index contributed by atoms with van der Waals surface area (Å²) < 4.78 is 38.9. The Kier molecular flexibility index (Phi) is 7.11. The number of carbonyl (C=O) groups excluding carboxylic acids is 1. The topological polar surface area (TPSA) is 120 Å². The van der Waals surface area contributed by atoms with Gasteiger partial charge in [-0.15, -0.1) is 0 Å². The number of sulfonamides is 1. The fourth-order valence-electron chi connectivity index (χ4n) is 3.20. The van der Waals surface area contributed by atoms with Crippen molar-refractivity contribution in [3.05, 3.63) is 78.4 Å². The van der Waals surface area contributed by atoms with Gasteiger partial charge in [0.25, 0.3) is 10.0 Å². The number of hydrogen-bond acceptors (Lipinski definition) is 8. The minimum atomic E-state index is -3.96. The van der Waals surface area contributed by atoms with Crippen LogP contribution in [0.25, 0.3) is 11.0 Å². The lowest BCUT2D eigenvalue weighted by molar-refractivity contribution is 0.0505. The van der Waals surface area contributed by atoms with Crippen molar-refractivity contribution >= 4 is 44.3 Å². The molecular formula is C25H24N4O5S. The van der Waals surface area contributed by atoms with Gasteiger partial charge in [0.15, 0.2) is 11.6 Å². The highest BCUT2D eigenvalue weighted by Gasteiger charge is 2.19. The van der Waals surface area contributed by atoms with E-state index in [-0.39, 0.29) is 16.5 Å². The van der Waals surface area contributed by atoms with Crippen molar-refractivity contribution < 1.29 is 22.7 Å². The van der Waals surface area contributed by atoms with Crippen LogP contribution in [0, 0.1) is 0 Å². The summed E-state index contributed by atoms with van der Waals surface area (Å²) in [6, 6.07) is 19.8. The molecule has 4 aromatic rings. The summed E-state index contributed by atoms with van der Waals surface area (Å²) >= 11 is 0. The molecule has 0 saturated heterocycles. The average Bonchev–Trinajstić information content (AvgIpc) is 2.88. The zero-order valence-electron chi connectivity index (χ0n) is 19.2. The van der Waals surface area contributed by atoms with E-state index in [0.717, 1.165) is 6.42 Å². The van der Waals surface area contributed by atoms with Crippen LogP contribution in [-0.2, 0) is 14.8 Å². The van der Waals surface area contributed by atoms with Crippen LogP contribution in [0.1, 0.15) is 23.7 Å². The Morgan fingerprint density at radius 2 is 1.51 bits per heavy atom. The number of benzene rings is 3. The Morgan fingerprint density at radius 3 is 2.11 bits per heavy atom. The van der Waals surface area contributed by atoms with Crippen LogP contribution in [0.5, 0.6) is 5.75 Å². The smallest absolute Gasteiger partial charge is 0.338 e. The predicted molar refractivity (Wildman–Crippen MR) is 134 cm³/mol. The first-order chi connectivity index (χ1) is 16.9. The molecule has 0 radical (unpaired) electrons. The van der Waals surface area contributed by atoms with Gasteiger partial charge >= 0.3 is 5.97 Å². The van der Waals surface area contributed by atoms with E-state index in [1.54, 1.807) is 54.6 Å². The first-order valence-electron chi connectivity index (χ1n) is 10.9. The van der Waals surface area contributed by atoms with Gasteiger partial charge in [0.05, 0.1) is 35.2 Å². The molecule has 3 aromatic carbocycles. The van der Waals surface area contributed by atoms with Crippen molar-refractivity contribution in [1.29, 1.82) is 0 Å². The molecular weight excluding hydrogens is 468 g/mol. The van der Waals surface area contributed by atoms with Crippen molar-refractivity contribution in [1.82, 2.24) is 9.97 Å². The minimum Gasteiger partial charge on any atom is -0.497 e. The van der Waals surface area contributed by atoms with E-state index in [4.69, 9.17) is 9.47 Å². The maximum atomic E-state index is 13.0. The summed E-state index contributed by atoms with van der Waals surface area (Å²) in [5.74, 6) is 0.378. The molecule has 0 aliphatic carbocycles. The second-order valence-corrected chi connectivity index (χ2v) is 9.21. The Balaban J connectivity index is 1.65. The van der Waals surface area contributed by atoms with E-state index >= 15 is 0 Å². The second-order valence-electron chi connectivity index (χ2n) is 7.53. The van der Waals surface area contributed by atoms with E-state index in [0.29, 0.717) is 34.6 Å². The van der Waals surface area contributed by atoms with Gasteiger partial charge in [-0.2, -0.15) is 0 Å². The normalized spacial score (nSPS) is 11.1. The molecule has 10 heteroatoms. The molecule has 0 fully saturated rings. The van der Waals surface area contributed by atoms with E-state index < -0.39 is 16.0 Å². The first-order valence-corrected chi connectivity index (χ1v) is 12.4. The highest BCUT2D eigenvalue weighted by Crippen LogP contribution is 2.27. The van der Waals surface area contributed by atoms with E-state index in [2.05, 4.69) is 20.0 Å². The quantitative estimate of drug-likeness (QED) is 0.321. The number of nitrogens with one attached hydrogen (secondary N) is 2. The molecule has 0 aliphatic heterocycles. The van der Waals surface area contributed by atoms with E-state index in [9.17, 15) is 13.2 Å². The molecule has 0 saturated carbocycles. The van der Waals surface area contributed by atoms with Crippen molar-refractivity contribution in [3.63, 3.8) is 0 Å². The van der Waals surface area contributed by atoms with Crippen LogP contribution in [0.2, 0.25) is 0 Å². The molecule has 0 bridgehead atoms. The number of fused-ring (bicyclic) bond motifs is 1. The molecule has 0 spiro atoms. The molecule has 9 nitrogen and oxygen atoms in total. The second kappa shape index (κ2) is 10.4. The molecule has 0 amide bonds. The Hall–Kier alpha value is -4.18. The zero-order chi connectivity index (χ0) is 24.8. The summed E-state index contributed by atoms with van der Waals surface area (Å²) in [7, 11) is -2.45. The lowest BCUT2D eigenvalue weighted by Crippen LogP contribution is -2.16. The minimum absolute atomic E-state index is 0.0333. The van der Waals surface area contributed by atoms with Gasteiger partial charge in [0, 0.05) is 5.69 Å². The third-order valence-electron chi connectivity index (χ3n) is 4.99. The number of hydrogen-bond donors (Lipinski definition) is 2. The Labute approximate surface area is 203 Å². The van der Waals surface area contributed by atoms with Gasteiger partial charge in [-0.3, -0.25) is 4.72 Å². The highest BCUT2D eigenvalue weighted by molar-refractivity contribution is 7.92. The monoisotopic (exact) mass is 492 g/mol. The fourth-order valence-corrected chi connectivity index (χ4v) is 4.21. The van der Waals surface area contributed by atoms with Crippen LogP contribution >= 0.6 is 0 Å².